The summed E-state index contributed by atoms with van der Waals surface area (Å²) >= 11 is 0. The van der Waals surface area contributed by atoms with Crippen LogP contribution >= 0.6 is 0 Å². The molecule has 26 heavy (non-hydrogen) atoms. The van der Waals surface area contributed by atoms with Crippen molar-refractivity contribution in [1.29, 1.82) is 0 Å². The lowest BCUT2D eigenvalue weighted by atomic mass is 9.85. The van der Waals surface area contributed by atoms with Crippen molar-refractivity contribution in [2.24, 2.45) is 0 Å². The fourth-order valence-electron chi connectivity index (χ4n) is 4.03. The monoisotopic (exact) mass is 356 g/mol. The topological polar surface area (TPSA) is 35.9 Å². The summed E-state index contributed by atoms with van der Waals surface area (Å²) in [5.74, 6) is 2.85. The van der Waals surface area contributed by atoms with Crippen molar-refractivity contribution >= 4 is 0 Å². The summed E-state index contributed by atoms with van der Waals surface area (Å²) in [5, 5.41) is 10.4. The maximum atomic E-state index is 10.4. The maximum Gasteiger partial charge on any atom is 0.128 e. The second-order valence-electron chi connectivity index (χ2n) is 7.73. The van der Waals surface area contributed by atoms with Crippen LogP contribution < -0.4 is 0 Å². The molecule has 0 spiro atoms. The third kappa shape index (κ3) is 5.56. The third-order valence-corrected chi connectivity index (χ3v) is 5.66. The van der Waals surface area contributed by atoms with E-state index in [9.17, 15) is 5.11 Å². The van der Waals surface area contributed by atoms with Gasteiger partial charge in [0.25, 0.3) is 0 Å². The van der Waals surface area contributed by atoms with Gasteiger partial charge in [-0.3, -0.25) is 9.80 Å². The molecule has 1 unspecified atom stereocenters. The minimum absolute atomic E-state index is 0.342. The summed E-state index contributed by atoms with van der Waals surface area (Å²) in [6, 6.07) is 10.6. The van der Waals surface area contributed by atoms with Crippen LogP contribution in [0.15, 0.2) is 30.3 Å². The lowest BCUT2D eigenvalue weighted by Crippen LogP contribution is -2.49. The largest absolute Gasteiger partial charge is 0.389 e. The molecule has 1 aromatic rings. The zero-order valence-corrected chi connectivity index (χ0v) is 15.8. The molecule has 1 saturated carbocycles. The highest BCUT2D eigenvalue weighted by Gasteiger charge is 2.31. The summed E-state index contributed by atoms with van der Waals surface area (Å²) in [4.78, 5) is 4.81. The van der Waals surface area contributed by atoms with E-state index in [-0.39, 0.29) is 0 Å². The number of hydrogen-bond donors (Lipinski definition) is 1. The van der Waals surface area contributed by atoms with E-state index in [2.05, 4.69) is 46.1 Å². The normalized spacial score (nSPS) is 22.6. The summed E-state index contributed by atoms with van der Waals surface area (Å²) in [5.41, 5.74) is 0.926. The molecule has 0 radical (unpaired) electrons. The smallest absolute Gasteiger partial charge is 0.128 e. The first-order valence-corrected chi connectivity index (χ1v) is 9.97. The second kappa shape index (κ2) is 9.53. The molecule has 1 aromatic carbocycles. The number of ether oxygens (including phenoxy) is 1. The van der Waals surface area contributed by atoms with Crippen LogP contribution in [0.2, 0.25) is 0 Å². The quantitative estimate of drug-likeness (QED) is 0.762. The van der Waals surface area contributed by atoms with Crippen LogP contribution in [0.3, 0.4) is 0 Å². The van der Waals surface area contributed by atoms with E-state index in [1.54, 1.807) is 0 Å². The standard InChI is InChI=1S/C22H32N2O2/c1-2-22(11-7-4-8-12-22)26-19-21(25)18-24-15-13-23(14-16-24)17-20-9-5-3-6-10-20/h1,3,5-6,9-10,21,25H,4,7-8,11-19H2. The number of benzene rings is 1. The number of aliphatic hydroxyl groups excluding tert-OH is 1. The van der Waals surface area contributed by atoms with Crippen molar-refractivity contribution in [3.05, 3.63) is 35.9 Å². The first-order valence-electron chi connectivity index (χ1n) is 9.97. The van der Waals surface area contributed by atoms with Gasteiger partial charge in [0.1, 0.15) is 5.60 Å². The van der Waals surface area contributed by atoms with E-state index in [1.807, 2.05) is 0 Å². The molecule has 1 aliphatic heterocycles. The molecule has 2 fully saturated rings. The Kier molecular flexibility index (Phi) is 7.10. The number of rotatable bonds is 7. The molecule has 1 N–H and O–H groups in total. The van der Waals surface area contributed by atoms with Gasteiger partial charge in [-0.15, -0.1) is 6.42 Å². The Morgan fingerprint density at radius 3 is 2.35 bits per heavy atom. The van der Waals surface area contributed by atoms with Crippen LogP contribution in [0.4, 0.5) is 0 Å². The molecule has 1 saturated heterocycles. The molecule has 1 heterocycles. The molecule has 1 aliphatic carbocycles. The Hall–Kier alpha value is -1.38. The third-order valence-electron chi connectivity index (χ3n) is 5.66. The van der Waals surface area contributed by atoms with Gasteiger partial charge in [0.15, 0.2) is 0 Å². The Labute approximate surface area is 158 Å². The van der Waals surface area contributed by atoms with Crippen molar-refractivity contribution in [2.45, 2.75) is 50.4 Å². The van der Waals surface area contributed by atoms with Crippen molar-refractivity contribution in [3.63, 3.8) is 0 Å². The SMILES string of the molecule is C#CC1(OCC(O)CN2CCN(Cc3ccccc3)CC2)CCCCC1. The van der Waals surface area contributed by atoms with Gasteiger partial charge in [0.2, 0.25) is 0 Å². The number of nitrogens with zero attached hydrogens (tertiary/aromatic N) is 2. The minimum atomic E-state index is -0.470. The van der Waals surface area contributed by atoms with E-state index >= 15 is 0 Å². The van der Waals surface area contributed by atoms with Crippen molar-refractivity contribution in [1.82, 2.24) is 9.80 Å². The van der Waals surface area contributed by atoms with Crippen LogP contribution in [0.5, 0.6) is 0 Å². The summed E-state index contributed by atoms with van der Waals surface area (Å²) in [6.45, 7) is 6.07. The maximum absolute atomic E-state index is 10.4. The van der Waals surface area contributed by atoms with Gasteiger partial charge in [0, 0.05) is 39.3 Å². The molecule has 4 nitrogen and oxygen atoms in total. The second-order valence-corrected chi connectivity index (χ2v) is 7.73. The van der Waals surface area contributed by atoms with Gasteiger partial charge >= 0.3 is 0 Å². The molecule has 0 bridgehead atoms. The number of β-amino-alcohol motifs (C(OH)–C–C–N with tert-alkyl or cyclic N) is 1. The van der Waals surface area contributed by atoms with E-state index in [1.165, 1.54) is 12.0 Å². The molecular weight excluding hydrogens is 324 g/mol. The first kappa shape index (κ1) is 19.4. The highest BCUT2D eigenvalue weighted by Crippen LogP contribution is 2.31. The van der Waals surface area contributed by atoms with E-state index in [0.29, 0.717) is 13.2 Å². The molecule has 0 amide bonds. The van der Waals surface area contributed by atoms with Gasteiger partial charge in [-0.05, 0) is 31.2 Å². The molecule has 3 rings (SSSR count). The van der Waals surface area contributed by atoms with Crippen molar-refractivity contribution in [2.75, 3.05) is 39.3 Å². The Morgan fingerprint density at radius 1 is 1.04 bits per heavy atom. The summed E-state index contributed by atoms with van der Waals surface area (Å²) in [6.07, 6.45) is 10.6. The zero-order valence-electron chi connectivity index (χ0n) is 15.8. The minimum Gasteiger partial charge on any atom is -0.389 e. The van der Waals surface area contributed by atoms with Crippen LogP contribution in [0.1, 0.15) is 37.7 Å². The number of terminal acetylenes is 1. The fraction of sp³-hybridized carbons (Fsp3) is 0.636. The van der Waals surface area contributed by atoms with Crippen LogP contribution in [0.25, 0.3) is 0 Å². The van der Waals surface area contributed by atoms with E-state index in [4.69, 9.17) is 11.2 Å². The fourth-order valence-corrected chi connectivity index (χ4v) is 4.03. The van der Waals surface area contributed by atoms with Crippen molar-refractivity contribution < 1.29 is 9.84 Å². The predicted molar refractivity (Wildman–Crippen MR) is 105 cm³/mol. The van der Waals surface area contributed by atoms with Gasteiger partial charge in [-0.1, -0.05) is 42.7 Å². The number of piperazine rings is 1. The molecule has 0 aromatic heterocycles. The first-order chi connectivity index (χ1) is 12.7. The number of hydrogen-bond acceptors (Lipinski definition) is 4. The van der Waals surface area contributed by atoms with Gasteiger partial charge in [0.05, 0.1) is 12.7 Å². The lowest BCUT2D eigenvalue weighted by Gasteiger charge is -2.37. The van der Waals surface area contributed by atoms with Crippen LogP contribution in [-0.4, -0.2) is 65.9 Å². The molecule has 2 aliphatic rings. The van der Waals surface area contributed by atoms with E-state index in [0.717, 1.165) is 58.4 Å². The Balaban J connectivity index is 1.36. The van der Waals surface area contributed by atoms with Crippen LogP contribution in [0, 0.1) is 12.3 Å². The van der Waals surface area contributed by atoms with Gasteiger partial charge in [-0.2, -0.15) is 0 Å². The molecule has 4 heteroatoms. The average molecular weight is 357 g/mol. The van der Waals surface area contributed by atoms with E-state index < -0.39 is 11.7 Å². The number of aliphatic hydroxyl groups is 1. The van der Waals surface area contributed by atoms with Gasteiger partial charge < -0.3 is 9.84 Å². The summed E-state index contributed by atoms with van der Waals surface area (Å²) < 4.78 is 6.00. The Bertz CT molecular complexity index is 570. The lowest BCUT2D eigenvalue weighted by molar-refractivity contribution is -0.0716. The highest BCUT2D eigenvalue weighted by molar-refractivity contribution is 5.14. The van der Waals surface area contributed by atoms with Crippen molar-refractivity contribution in [3.8, 4) is 12.3 Å². The molecule has 1 atom stereocenters. The molecule has 142 valence electrons. The average Bonchev–Trinajstić information content (AvgIpc) is 2.69. The Morgan fingerprint density at radius 2 is 1.69 bits per heavy atom. The highest BCUT2D eigenvalue weighted by atomic mass is 16.5. The summed E-state index contributed by atoms with van der Waals surface area (Å²) in [7, 11) is 0. The van der Waals surface area contributed by atoms with Crippen LogP contribution in [-0.2, 0) is 11.3 Å². The zero-order chi connectivity index (χ0) is 18.2. The molecular formula is C22H32N2O2. The van der Waals surface area contributed by atoms with Gasteiger partial charge in [-0.25, -0.2) is 0 Å². The predicted octanol–water partition coefficient (Wildman–Crippen LogP) is 2.52.